The van der Waals surface area contributed by atoms with Crippen molar-refractivity contribution < 1.29 is 9.62 Å². The molecule has 7 nitrogen and oxygen atoms in total. The van der Waals surface area contributed by atoms with Crippen LogP contribution in [0.2, 0.25) is 0 Å². The third-order valence-corrected chi connectivity index (χ3v) is 1.37. The summed E-state index contributed by atoms with van der Waals surface area (Å²) in [6, 6.07) is 0. The van der Waals surface area contributed by atoms with Crippen molar-refractivity contribution in [2.75, 3.05) is 0 Å². The monoisotopic (exact) mass is 169 g/mol. The number of nitrogens with one attached hydrogen (secondary N) is 1. The lowest BCUT2D eigenvalue weighted by Gasteiger charge is -1.90. The van der Waals surface area contributed by atoms with Crippen LogP contribution in [-0.4, -0.2) is 19.9 Å². The lowest BCUT2D eigenvalue weighted by atomic mass is 10.6. The quantitative estimate of drug-likeness (QED) is 0.488. The van der Waals surface area contributed by atoms with Gasteiger partial charge >= 0.3 is 11.2 Å². The van der Waals surface area contributed by atoms with E-state index in [4.69, 9.17) is 5.21 Å². The number of H-pyrrole nitrogens is 1. The third-order valence-electron chi connectivity index (χ3n) is 1.37. The van der Waals surface area contributed by atoms with Crippen molar-refractivity contribution >= 4 is 11.2 Å². The van der Waals surface area contributed by atoms with E-state index in [1.165, 1.54) is 0 Å². The minimum absolute atomic E-state index is 0.0234. The maximum atomic E-state index is 11.0. The molecule has 0 bridgehead atoms. The molecule has 2 N–H and O–H groups in total. The summed E-state index contributed by atoms with van der Waals surface area (Å²) in [7, 11) is 0. The van der Waals surface area contributed by atoms with Crippen molar-refractivity contribution in [3.05, 3.63) is 27.2 Å². The molecule has 0 spiro atoms. The first kappa shape index (κ1) is 6.65. The fourth-order valence-electron chi connectivity index (χ4n) is 0.830. The van der Waals surface area contributed by atoms with Crippen LogP contribution in [0.1, 0.15) is 0 Å². The van der Waals surface area contributed by atoms with Gasteiger partial charge in [-0.15, -0.1) is 0 Å². The molecule has 7 heteroatoms. The van der Waals surface area contributed by atoms with Crippen molar-refractivity contribution in [2.45, 2.75) is 0 Å². The van der Waals surface area contributed by atoms with Crippen LogP contribution in [0.3, 0.4) is 0 Å². The molecular weight excluding hydrogens is 166 g/mol. The highest BCUT2D eigenvalue weighted by molar-refractivity contribution is 5.64. The van der Waals surface area contributed by atoms with Crippen molar-refractivity contribution in [1.82, 2.24) is 14.7 Å². The zero-order valence-electron chi connectivity index (χ0n) is 5.64. The van der Waals surface area contributed by atoms with E-state index in [0.29, 0.717) is 0 Å². The van der Waals surface area contributed by atoms with Gasteiger partial charge in [0, 0.05) is 0 Å². The third kappa shape index (κ3) is 0.669. The summed E-state index contributed by atoms with van der Waals surface area (Å²) >= 11 is 0. The number of aromatic amines is 1. The molecule has 2 rings (SSSR count). The average molecular weight is 169 g/mol. The van der Waals surface area contributed by atoms with Gasteiger partial charge in [-0.3, -0.25) is 9.78 Å². The molecule has 0 saturated carbocycles. The van der Waals surface area contributed by atoms with Crippen LogP contribution in [-0.2, 0) is 0 Å². The van der Waals surface area contributed by atoms with Gasteiger partial charge in [0.25, 0.3) is 0 Å². The molecule has 2 aromatic rings. The first-order valence-electron chi connectivity index (χ1n) is 2.98. The highest BCUT2D eigenvalue weighted by atomic mass is 16.5. The van der Waals surface area contributed by atoms with Crippen molar-refractivity contribution in [1.29, 1.82) is 0 Å². The highest BCUT2D eigenvalue weighted by Gasteiger charge is 2.08. The summed E-state index contributed by atoms with van der Waals surface area (Å²) in [6.07, 6.45) is 1.00. The van der Waals surface area contributed by atoms with Gasteiger partial charge in [-0.1, -0.05) is 4.73 Å². The number of fused-ring (bicyclic) bond motifs is 1. The maximum Gasteiger partial charge on any atom is 0.363 e. The van der Waals surface area contributed by atoms with Gasteiger partial charge in [0.05, 0.1) is 0 Å². The summed E-state index contributed by atoms with van der Waals surface area (Å²) < 4.78 is 4.53. The molecule has 0 amide bonds. The van der Waals surface area contributed by atoms with Gasteiger partial charge in [-0.25, -0.2) is 4.79 Å². The lowest BCUT2D eigenvalue weighted by molar-refractivity contribution is 0.161. The summed E-state index contributed by atoms with van der Waals surface area (Å²) in [5.74, 6) is 0. The van der Waals surface area contributed by atoms with Gasteiger partial charge < -0.3 is 9.62 Å². The van der Waals surface area contributed by atoms with Crippen LogP contribution in [0.15, 0.2) is 20.4 Å². The molecule has 0 atom stereocenters. The Hall–Kier alpha value is -2.05. The molecule has 0 aromatic carbocycles. The van der Waals surface area contributed by atoms with Crippen LogP contribution in [0.25, 0.3) is 11.2 Å². The van der Waals surface area contributed by atoms with E-state index in [1.54, 1.807) is 0 Å². The van der Waals surface area contributed by atoms with E-state index in [-0.39, 0.29) is 16.0 Å². The van der Waals surface area contributed by atoms with Gasteiger partial charge in [0.15, 0.2) is 12.0 Å². The predicted molar refractivity (Wildman–Crippen MR) is 36.1 cm³/mol. The predicted octanol–water partition coefficient (Wildman–Crippen LogP) is -1.08. The molecule has 2 aromatic heterocycles. The number of hydrogen-bond donors (Lipinski definition) is 2. The molecule has 0 radical (unpaired) electrons. The molecule has 2 heterocycles. The number of hydrogen-bond acceptors (Lipinski definition) is 5. The Balaban J connectivity index is 3.16. The molecule has 0 aliphatic rings. The zero-order chi connectivity index (χ0) is 8.72. The molecular formula is C5H3N3O4. The Bertz CT molecular complexity index is 533. The number of aromatic nitrogens is 3. The normalized spacial score (nSPS) is 10.7. The van der Waals surface area contributed by atoms with Crippen molar-refractivity contribution in [2.24, 2.45) is 0 Å². The Morgan fingerprint density at radius 2 is 2.33 bits per heavy atom. The minimum Gasteiger partial charge on any atom is -0.436 e. The maximum absolute atomic E-state index is 11.0. The van der Waals surface area contributed by atoms with E-state index in [0.717, 1.165) is 6.39 Å². The van der Waals surface area contributed by atoms with Crippen LogP contribution < -0.4 is 11.2 Å². The van der Waals surface area contributed by atoms with E-state index in [2.05, 4.69) is 14.4 Å². The first-order chi connectivity index (χ1) is 5.70. The van der Waals surface area contributed by atoms with Crippen molar-refractivity contribution in [3.8, 4) is 0 Å². The molecule has 0 aliphatic carbocycles. The summed E-state index contributed by atoms with van der Waals surface area (Å²) in [6.45, 7) is 0. The second kappa shape index (κ2) is 1.97. The fraction of sp³-hybridized carbons (Fsp3) is 0. The van der Waals surface area contributed by atoms with Crippen LogP contribution in [0, 0.1) is 0 Å². The topological polar surface area (TPSA) is 101 Å². The van der Waals surface area contributed by atoms with Crippen LogP contribution in [0.4, 0.5) is 0 Å². The molecule has 0 unspecified atom stereocenters. The summed E-state index contributed by atoms with van der Waals surface area (Å²) in [5.41, 5.74) is -2.03. The average Bonchev–Trinajstić information content (AvgIpc) is 2.48. The molecule has 62 valence electrons. The van der Waals surface area contributed by atoms with Gasteiger partial charge in [-0.2, -0.15) is 4.98 Å². The zero-order valence-corrected chi connectivity index (χ0v) is 5.64. The second-order valence-corrected chi connectivity index (χ2v) is 2.08. The second-order valence-electron chi connectivity index (χ2n) is 2.08. The Morgan fingerprint density at radius 1 is 1.58 bits per heavy atom. The Kier molecular flexibility index (Phi) is 1.09. The fourth-order valence-corrected chi connectivity index (χ4v) is 0.830. The molecule has 12 heavy (non-hydrogen) atoms. The molecule has 0 aliphatic heterocycles. The van der Waals surface area contributed by atoms with Gasteiger partial charge in [0.1, 0.15) is 0 Å². The number of nitrogens with zero attached hydrogens (tertiary/aromatic N) is 2. The Morgan fingerprint density at radius 3 is 3.08 bits per heavy atom. The molecule has 0 saturated heterocycles. The number of rotatable bonds is 0. The van der Waals surface area contributed by atoms with Crippen LogP contribution in [0.5, 0.6) is 0 Å². The van der Waals surface area contributed by atoms with Gasteiger partial charge in [-0.05, 0) is 0 Å². The van der Waals surface area contributed by atoms with E-state index in [1.807, 2.05) is 0 Å². The van der Waals surface area contributed by atoms with E-state index in [9.17, 15) is 9.59 Å². The SMILES string of the molecule is O=c1[nH]c2ncoc2c(=O)n1O. The highest BCUT2D eigenvalue weighted by Crippen LogP contribution is 1.98. The molecule has 0 fully saturated rings. The first-order valence-corrected chi connectivity index (χ1v) is 2.98. The Labute approximate surface area is 63.8 Å². The summed E-state index contributed by atoms with van der Waals surface area (Å²) in [5, 5.41) is 8.80. The lowest BCUT2D eigenvalue weighted by Crippen LogP contribution is -2.32. The summed E-state index contributed by atoms with van der Waals surface area (Å²) in [4.78, 5) is 27.4. The smallest absolute Gasteiger partial charge is 0.363 e. The minimum atomic E-state index is -0.943. The van der Waals surface area contributed by atoms with E-state index < -0.39 is 11.2 Å². The van der Waals surface area contributed by atoms with Crippen molar-refractivity contribution in [3.63, 3.8) is 0 Å². The number of oxazole rings is 1. The largest absolute Gasteiger partial charge is 0.436 e. The van der Waals surface area contributed by atoms with Gasteiger partial charge in [0.2, 0.25) is 5.58 Å². The standard InChI is InChI=1S/C5H3N3O4/c9-4-2-3(6-1-12-2)7-5(10)8(4)11/h1,11H,(H,7,10). The van der Waals surface area contributed by atoms with E-state index >= 15 is 0 Å². The van der Waals surface area contributed by atoms with Crippen LogP contribution >= 0.6 is 0 Å².